The number of para-hydroxylation sites is 1. The molecule has 12 heteroatoms. The molecule has 12 nitrogen and oxygen atoms in total. The molecular weight excluding hydrogens is 695 g/mol. The Labute approximate surface area is 325 Å². The minimum Gasteiger partial charge on any atom is -0.373 e. The Morgan fingerprint density at radius 1 is 0.745 bits per heavy atom. The number of carbonyl (C=O) groups is 4. The molecule has 4 amide bonds. The Bertz CT molecular complexity index is 1700. The minimum absolute atomic E-state index is 0.0361. The molecule has 8 N–H and O–H groups in total. The van der Waals surface area contributed by atoms with Crippen molar-refractivity contribution >= 4 is 29.3 Å². The van der Waals surface area contributed by atoms with E-state index in [1.54, 1.807) is 4.90 Å². The van der Waals surface area contributed by atoms with Gasteiger partial charge < -0.3 is 42.3 Å². The second kappa shape index (κ2) is 20.2. The zero-order chi connectivity index (χ0) is 39.3. The van der Waals surface area contributed by atoms with Gasteiger partial charge >= 0.3 is 0 Å². The number of nitrogens with one attached hydrogen (secondary N) is 3. The first-order valence-corrected chi connectivity index (χ1v) is 19.8. The van der Waals surface area contributed by atoms with Crippen LogP contribution in [0.1, 0.15) is 69.1 Å². The normalized spacial score (nSPS) is 17.9. The molecule has 0 aliphatic carbocycles. The average molecular weight is 754 g/mol. The molecule has 3 aromatic rings. The van der Waals surface area contributed by atoms with Gasteiger partial charge in [0.15, 0.2) is 0 Å². The SMILES string of the molecule is CC(C)C[C@@H](NC(=O)[C@@H](Cc1ccccc1)NC(=O)[C@H](N)Cc1ccccc1)C(=O)N[C@H](CCCCN)C(=O)N1CCC(N2c3ccccc3CC2O)CC1. The third-order valence-electron chi connectivity index (χ3n) is 10.6. The number of nitrogens with two attached hydrogens (primary N) is 2. The van der Waals surface area contributed by atoms with Gasteiger partial charge in [-0.15, -0.1) is 0 Å². The van der Waals surface area contributed by atoms with E-state index in [4.69, 9.17) is 11.5 Å². The lowest BCUT2D eigenvalue weighted by molar-refractivity contribution is -0.138. The summed E-state index contributed by atoms with van der Waals surface area (Å²) in [7, 11) is 0. The van der Waals surface area contributed by atoms with Crippen LogP contribution in [0.5, 0.6) is 0 Å². The monoisotopic (exact) mass is 753 g/mol. The quantitative estimate of drug-likeness (QED) is 0.107. The molecule has 2 aliphatic rings. The number of carbonyl (C=O) groups excluding carboxylic acids is 4. The van der Waals surface area contributed by atoms with Gasteiger partial charge in [0.2, 0.25) is 23.6 Å². The number of anilines is 1. The molecule has 1 fully saturated rings. The summed E-state index contributed by atoms with van der Waals surface area (Å²) in [6.07, 6.45) is 3.96. The molecule has 5 rings (SSSR count). The van der Waals surface area contributed by atoms with Crippen molar-refractivity contribution in [2.45, 2.75) is 108 Å². The van der Waals surface area contributed by atoms with Gasteiger partial charge in [0.05, 0.1) is 6.04 Å². The zero-order valence-corrected chi connectivity index (χ0v) is 32.2. The zero-order valence-electron chi connectivity index (χ0n) is 32.2. The Morgan fingerprint density at radius 3 is 1.95 bits per heavy atom. The number of amides is 4. The summed E-state index contributed by atoms with van der Waals surface area (Å²) in [5.74, 6) is -1.56. The lowest BCUT2D eigenvalue weighted by atomic mass is 9.99. The number of nitrogens with zero attached hydrogens (tertiary/aromatic N) is 2. The fraction of sp³-hybridized carbons (Fsp3) is 0.488. The van der Waals surface area contributed by atoms with Crippen molar-refractivity contribution in [2.75, 3.05) is 24.5 Å². The fourth-order valence-corrected chi connectivity index (χ4v) is 7.71. The molecule has 1 saturated heterocycles. The largest absolute Gasteiger partial charge is 0.373 e. The standard InChI is InChI=1S/C43H59N7O5/c1-29(2)25-36(48-42(54)37(27-31-15-7-4-8-16-31)47-40(52)34(45)26-30-13-5-3-6-14-30)41(53)46-35(18-11-12-22-44)43(55)49-23-20-33(21-24-49)50-38-19-10-9-17-32(38)28-39(50)51/h3-10,13-17,19,29,33-37,39,51H,11-12,18,20-28,44-45H2,1-2H3,(H,46,53)(H,47,52)(H,48,54)/t34-,35-,36-,37-,39?/m1/s1. The van der Waals surface area contributed by atoms with Crippen molar-refractivity contribution in [3.05, 3.63) is 102 Å². The maximum atomic E-state index is 14.1. The summed E-state index contributed by atoms with van der Waals surface area (Å²) >= 11 is 0. The van der Waals surface area contributed by atoms with Crippen molar-refractivity contribution in [1.82, 2.24) is 20.9 Å². The topological polar surface area (TPSA) is 183 Å². The van der Waals surface area contributed by atoms with E-state index in [1.165, 1.54) is 0 Å². The number of unbranched alkanes of at least 4 members (excludes halogenated alkanes) is 1. The van der Waals surface area contributed by atoms with Crippen molar-refractivity contribution in [3.8, 4) is 0 Å². The summed E-state index contributed by atoms with van der Waals surface area (Å²) in [6.45, 7) is 5.38. The molecule has 0 spiro atoms. The number of benzene rings is 3. The molecule has 3 aromatic carbocycles. The third kappa shape index (κ3) is 11.6. The third-order valence-corrected chi connectivity index (χ3v) is 10.6. The van der Waals surface area contributed by atoms with Crippen LogP contribution in [-0.4, -0.2) is 89.7 Å². The molecule has 5 atom stereocenters. The number of piperidine rings is 1. The van der Waals surface area contributed by atoms with E-state index < -0.39 is 48.1 Å². The van der Waals surface area contributed by atoms with E-state index >= 15 is 0 Å². The first-order valence-electron chi connectivity index (χ1n) is 19.8. The van der Waals surface area contributed by atoms with Gasteiger partial charge in [-0.3, -0.25) is 19.2 Å². The lowest BCUT2D eigenvalue weighted by Gasteiger charge is -2.40. The first kappa shape index (κ1) is 41.4. The molecule has 55 heavy (non-hydrogen) atoms. The van der Waals surface area contributed by atoms with Gasteiger partial charge in [-0.1, -0.05) is 92.7 Å². The Morgan fingerprint density at radius 2 is 1.31 bits per heavy atom. The van der Waals surface area contributed by atoms with Crippen LogP contribution in [-0.2, 0) is 38.4 Å². The van der Waals surface area contributed by atoms with E-state index in [0.717, 1.165) is 22.4 Å². The predicted molar refractivity (Wildman–Crippen MR) is 215 cm³/mol. The summed E-state index contributed by atoms with van der Waals surface area (Å²) in [4.78, 5) is 59.4. The van der Waals surface area contributed by atoms with Crippen LogP contribution >= 0.6 is 0 Å². The Hall–Kier alpha value is -4.78. The number of hydrogen-bond donors (Lipinski definition) is 6. The molecule has 296 valence electrons. The highest BCUT2D eigenvalue weighted by Gasteiger charge is 2.37. The van der Waals surface area contributed by atoms with Gasteiger partial charge in [-0.05, 0) is 80.2 Å². The smallest absolute Gasteiger partial charge is 0.245 e. The van der Waals surface area contributed by atoms with Gasteiger partial charge in [0, 0.05) is 37.7 Å². The summed E-state index contributed by atoms with van der Waals surface area (Å²) < 4.78 is 0. The van der Waals surface area contributed by atoms with E-state index in [2.05, 4.69) is 20.9 Å². The Kier molecular flexibility index (Phi) is 15.2. The molecule has 0 saturated carbocycles. The number of aliphatic hydroxyl groups excluding tert-OH is 1. The highest BCUT2D eigenvalue weighted by molar-refractivity contribution is 5.95. The second-order valence-corrected chi connectivity index (χ2v) is 15.4. The van der Waals surface area contributed by atoms with Crippen LogP contribution in [0, 0.1) is 5.92 Å². The van der Waals surface area contributed by atoms with Crippen LogP contribution in [0.15, 0.2) is 84.9 Å². The summed E-state index contributed by atoms with van der Waals surface area (Å²) in [6, 6.07) is 23.3. The average Bonchev–Trinajstić information content (AvgIpc) is 3.52. The molecule has 1 unspecified atom stereocenters. The highest BCUT2D eigenvalue weighted by Crippen LogP contribution is 2.35. The maximum absolute atomic E-state index is 14.1. The summed E-state index contributed by atoms with van der Waals surface area (Å²) in [5, 5.41) is 19.7. The van der Waals surface area contributed by atoms with Crippen molar-refractivity contribution in [3.63, 3.8) is 0 Å². The number of fused-ring (bicyclic) bond motifs is 1. The van der Waals surface area contributed by atoms with Gasteiger partial charge in [-0.2, -0.15) is 0 Å². The van der Waals surface area contributed by atoms with Gasteiger partial charge in [0.25, 0.3) is 0 Å². The number of rotatable bonds is 18. The van der Waals surface area contributed by atoms with Crippen LogP contribution in [0.25, 0.3) is 0 Å². The van der Waals surface area contributed by atoms with E-state index in [-0.39, 0.29) is 24.3 Å². The van der Waals surface area contributed by atoms with Crippen LogP contribution in [0.3, 0.4) is 0 Å². The van der Waals surface area contributed by atoms with Crippen molar-refractivity contribution in [2.24, 2.45) is 17.4 Å². The van der Waals surface area contributed by atoms with E-state index in [0.29, 0.717) is 71.0 Å². The molecule has 2 heterocycles. The lowest BCUT2D eigenvalue weighted by Crippen LogP contribution is -2.59. The molecule has 0 aromatic heterocycles. The van der Waals surface area contributed by atoms with Crippen molar-refractivity contribution < 1.29 is 24.3 Å². The second-order valence-electron chi connectivity index (χ2n) is 15.4. The van der Waals surface area contributed by atoms with Crippen LogP contribution in [0.4, 0.5) is 5.69 Å². The van der Waals surface area contributed by atoms with Crippen LogP contribution < -0.4 is 32.3 Å². The van der Waals surface area contributed by atoms with Gasteiger partial charge in [0.1, 0.15) is 24.4 Å². The molecule has 2 aliphatic heterocycles. The number of aliphatic hydroxyl groups is 1. The number of likely N-dealkylation sites (tertiary alicyclic amines) is 1. The first-order chi connectivity index (χ1) is 26.5. The summed E-state index contributed by atoms with van der Waals surface area (Å²) in [5.41, 5.74) is 16.0. The van der Waals surface area contributed by atoms with E-state index in [9.17, 15) is 24.3 Å². The Balaban J connectivity index is 1.26. The number of hydrogen-bond acceptors (Lipinski definition) is 8. The van der Waals surface area contributed by atoms with Crippen molar-refractivity contribution in [1.29, 1.82) is 0 Å². The molecular formula is C43H59N7O5. The molecule has 0 radical (unpaired) electrons. The highest BCUT2D eigenvalue weighted by atomic mass is 16.3. The van der Waals surface area contributed by atoms with Crippen LogP contribution in [0.2, 0.25) is 0 Å². The van der Waals surface area contributed by atoms with Gasteiger partial charge in [-0.25, -0.2) is 0 Å². The molecule has 0 bridgehead atoms. The predicted octanol–water partition coefficient (Wildman–Crippen LogP) is 2.80. The fourth-order valence-electron chi connectivity index (χ4n) is 7.71. The maximum Gasteiger partial charge on any atom is 0.245 e. The minimum atomic E-state index is -0.997. The van der Waals surface area contributed by atoms with E-state index in [1.807, 2.05) is 98.8 Å².